The normalized spacial score (nSPS) is 13.2. The fraction of sp³-hybridized carbons (Fsp3) is 0.0189. The molecule has 0 N–H and O–H groups in total. The van der Waals surface area contributed by atoms with E-state index in [-0.39, 0.29) is 0 Å². The molecule has 2 aliphatic rings. The van der Waals surface area contributed by atoms with Gasteiger partial charge in [-0.3, -0.25) is 0 Å². The summed E-state index contributed by atoms with van der Waals surface area (Å²) < 4.78 is 6.38. The van der Waals surface area contributed by atoms with Crippen molar-refractivity contribution in [2.24, 2.45) is 0 Å². The highest BCUT2D eigenvalue weighted by molar-refractivity contribution is 6.19. The van der Waals surface area contributed by atoms with Crippen molar-refractivity contribution < 1.29 is 4.42 Å². The first-order chi connectivity index (χ1) is 27.3. The molecule has 2 heteroatoms. The Morgan fingerprint density at radius 1 is 0.382 bits per heavy atom. The Morgan fingerprint density at radius 3 is 1.73 bits per heavy atom. The number of fused-ring (bicyclic) bond motifs is 15. The quantitative estimate of drug-likeness (QED) is 0.182. The molecule has 1 spiro atoms. The summed E-state index contributed by atoms with van der Waals surface area (Å²) in [7, 11) is 0. The lowest BCUT2D eigenvalue weighted by Gasteiger charge is -2.32. The lowest BCUT2D eigenvalue weighted by atomic mass is 9.70. The average Bonchev–Trinajstić information content (AvgIpc) is 3.89. The maximum absolute atomic E-state index is 6.38. The number of anilines is 3. The molecule has 2 aliphatic carbocycles. The van der Waals surface area contributed by atoms with Crippen LogP contribution in [0.25, 0.3) is 66.1 Å². The maximum Gasteiger partial charge on any atom is 0.136 e. The summed E-state index contributed by atoms with van der Waals surface area (Å²) in [6.45, 7) is 0. The molecule has 9 aromatic carbocycles. The van der Waals surface area contributed by atoms with Crippen LogP contribution in [0.1, 0.15) is 22.3 Å². The van der Waals surface area contributed by atoms with E-state index in [0.29, 0.717) is 0 Å². The number of nitrogens with zero attached hydrogens (tertiary/aromatic N) is 1. The van der Waals surface area contributed by atoms with Crippen LogP contribution in [0.3, 0.4) is 0 Å². The van der Waals surface area contributed by atoms with Crippen molar-refractivity contribution in [2.45, 2.75) is 5.41 Å². The lowest BCUT2D eigenvalue weighted by Crippen LogP contribution is -2.26. The Bertz CT molecular complexity index is 3110. The molecule has 0 aliphatic heterocycles. The molecule has 0 unspecified atom stereocenters. The largest absolute Gasteiger partial charge is 0.456 e. The van der Waals surface area contributed by atoms with Gasteiger partial charge >= 0.3 is 0 Å². The second-order valence-corrected chi connectivity index (χ2v) is 14.8. The number of hydrogen-bond donors (Lipinski definition) is 0. The van der Waals surface area contributed by atoms with Crippen LogP contribution in [0.2, 0.25) is 0 Å². The van der Waals surface area contributed by atoms with E-state index in [1.54, 1.807) is 0 Å². The van der Waals surface area contributed by atoms with E-state index in [9.17, 15) is 0 Å². The summed E-state index contributed by atoms with van der Waals surface area (Å²) in [5, 5.41) is 4.64. The predicted molar refractivity (Wildman–Crippen MR) is 228 cm³/mol. The third-order valence-corrected chi connectivity index (χ3v) is 12.1. The molecule has 0 saturated carbocycles. The predicted octanol–water partition coefficient (Wildman–Crippen LogP) is 14.2. The third-order valence-electron chi connectivity index (χ3n) is 12.1. The summed E-state index contributed by atoms with van der Waals surface area (Å²) in [6, 6.07) is 73.3. The van der Waals surface area contributed by atoms with Gasteiger partial charge in [-0.25, -0.2) is 0 Å². The molecular formula is C53H33NO. The van der Waals surface area contributed by atoms with Gasteiger partial charge in [-0.15, -0.1) is 0 Å². The first kappa shape index (κ1) is 30.3. The molecule has 2 nitrogen and oxygen atoms in total. The van der Waals surface area contributed by atoms with E-state index in [1.807, 2.05) is 6.07 Å². The van der Waals surface area contributed by atoms with Crippen molar-refractivity contribution in [3.63, 3.8) is 0 Å². The Hall–Kier alpha value is -7.16. The monoisotopic (exact) mass is 699 g/mol. The number of furan rings is 1. The zero-order valence-electron chi connectivity index (χ0n) is 29.9. The molecule has 0 saturated heterocycles. The molecule has 0 fully saturated rings. The van der Waals surface area contributed by atoms with E-state index >= 15 is 0 Å². The molecule has 256 valence electrons. The Morgan fingerprint density at radius 2 is 0.964 bits per heavy atom. The lowest BCUT2D eigenvalue weighted by molar-refractivity contribution is 0.669. The minimum Gasteiger partial charge on any atom is -0.456 e. The summed E-state index contributed by atoms with van der Waals surface area (Å²) in [5.41, 5.74) is 17.6. The van der Waals surface area contributed by atoms with E-state index in [1.165, 1.54) is 66.4 Å². The van der Waals surface area contributed by atoms with Gasteiger partial charge in [-0.2, -0.15) is 0 Å². The molecular weight excluding hydrogens is 667 g/mol. The molecule has 1 aromatic heterocycles. The van der Waals surface area contributed by atoms with Gasteiger partial charge in [0.15, 0.2) is 0 Å². The van der Waals surface area contributed by atoms with Crippen LogP contribution in [0, 0.1) is 0 Å². The van der Waals surface area contributed by atoms with Gasteiger partial charge in [0.1, 0.15) is 11.2 Å². The minimum atomic E-state index is -0.427. The Balaban J connectivity index is 1.15. The summed E-state index contributed by atoms with van der Waals surface area (Å²) in [6.07, 6.45) is 0. The Kier molecular flexibility index (Phi) is 6.29. The molecule has 0 bridgehead atoms. The molecule has 0 amide bonds. The van der Waals surface area contributed by atoms with Crippen molar-refractivity contribution in [1.82, 2.24) is 0 Å². The highest BCUT2D eigenvalue weighted by Crippen LogP contribution is 2.64. The van der Waals surface area contributed by atoms with E-state index in [4.69, 9.17) is 4.42 Å². The van der Waals surface area contributed by atoms with Crippen molar-refractivity contribution in [3.8, 4) is 33.4 Å². The third kappa shape index (κ3) is 4.14. The smallest absolute Gasteiger partial charge is 0.136 e. The van der Waals surface area contributed by atoms with Gasteiger partial charge in [0.25, 0.3) is 0 Å². The zero-order chi connectivity index (χ0) is 36.1. The van der Waals surface area contributed by atoms with E-state index in [0.717, 1.165) is 39.0 Å². The second kappa shape index (κ2) is 11.4. The maximum atomic E-state index is 6.38. The van der Waals surface area contributed by atoms with Crippen LogP contribution in [-0.2, 0) is 5.41 Å². The highest BCUT2D eigenvalue weighted by atomic mass is 16.3. The summed E-state index contributed by atoms with van der Waals surface area (Å²) in [5.74, 6) is 0. The van der Waals surface area contributed by atoms with Crippen molar-refractivity contribution in [2.75, 3.05) is 4.90 Å². The number of hydrogen-bond acceptors (Lipinski definition) is 2. The summed E-state index contributed by atoms with van der Waals surface area (Å²) in [4.78, 5) is 2.47. The van der Waals surface area contributed by atoms with Gasteiger partial charge < -0.3 is 9.32 Å². The molecule has 10 aromatic rings. The molecule has 0 atom stereocenters. The topological polar surface area (TPSA) is 16.4 Å². The van der Waals surface area contributed by atoms with Gasteiger partial charge in [-0.05, 0) is 103 Å². The molecule has 1 heterocycles. The van der Waals surface area contributed by atoms with Crippen molar-refractivity contribution in [1.29, 1.82) is 0 Å². The van der Waals surface area contributed by atoms with Crippen LogP contribution in [0.5, 0.6) is 0 Å². The number of rotatable bonds is 4. The van der Waals surface area contributed by atoms with Crippen LogP contribution < -0.4 is 4.90 Å². The van der Waals surface area contributed by atoms with Gasteiger partial charge in [0, 0.05) is 27.7 Å². The number of benzene rings is 9. The average molecular weight is 700 g/mol. The minimum absolute atomic E-state index is 0.427. The van der Waals surface area contributed by atoms with Crippen LogP contribution >= 0.6 is 0 Å². The second-order valence-electron chi connectivity index (χ2n) is 14.8. The van der Waals surface area contributed by atoms with Gasteiger partial charge in [0.05, 0.1) is 11.1 Å². The van der Waals surface area contributed by atoms with E-state index < -0.39 is 5.41 Å². The van der Waals surface area contributed by atoms with Crippen LogP contribution in [-0.4, -0.2) is 0 Å². The first-order valence-corrected chi connectivity index (χ1v) is 19.0. The van der Waals surface area contributed by atoms with E-state index in [2.05, 4.69) is 199 Å². The summed E-state index contributed by atoms with van der Waals surface area (Å²) >= 11 is 0. The zero-order valence-corrected chi connectivity index (χ0v) is 29.9. The Labute approximate surface area is 319 Å². The van der Waals surface area contributed by atoms with Crippen molar-refractivity contribution >= 4 is 49.8 Å². The standard InChI is InChI=1S/C53H33NO/c1-2-13-34(14-3-1)35-25-29-37(30-26-35)54(38-31-27-36-28-32-50-51(43(36)33-38)42-18-7-11-24-49(42)55-50)48-23-12-22-47-52(48)41-17-6-10-21-46(41)53(47)44-19-8-4-15-39(44)40-16-5-9-20-45(40)53/h1-33H. The van der Waals surface area contributed by atoms with Gasteiger partial charge in [0.2, 0.25) is 0 Å². The first-order valence-electron chi connectivity index (χ1n) is 19.0. The number of para-hydroxylation sites is 1. The molecule has 12 rings (SSSR count). The van der Waals surface area contributed by atoms with Crippen molar-refractivity contribution in [3.05, 3.63) is 222 Å². The fourth-order valence-electron chi connectivity index (χ4n) is 9.84. The molecule has 55 heavy (non-hydrogen) atoms. The van der Waals surface area contributed by atoms with Crippen LogP contribution in [0.15, 0.2) is 205 Å². The van der Waals surface area contributed by atoms with Crippen LogP contribution in [0.4, 0.5) is 17.1 Å². The fourth-order valence-corrected chi connectivity index (χ4v) is 9.84. The highest BCUT2D eigenvalue weighted by Gasteiger charge is 2.52. The molecule has 0 radical (unpaired) electrons. The SMILES string of the molecule is c1ccc(-c2ccc(N(c3ccc4ccc5oc6ccccc6c5c4c3)c3cccc4c3-c3ccccc3C43c4ccccc4-c4ccccc43)cc2)cc1. The van der Waals surface area contributed by atoms with Gasteiger partial charge in [-0.1, -0.05) is 158 Å².